The van der Waals surface area contributed by atoms with Gasteiger partial charge in [0.15, 0.2) is 0 Å². The minimum Gasteiger partial charge on any atom is -0.497 e. The quantitative estimate of drug-likeness (QED) is 0.933. The Bertz CT molecular complexity index is 572. The monoisotopic (exact) mass is 291 g/mol. The maximum absolute atomic E-state index is 10.3. The lowest BCUT2D eigenvalue weighted by Crippen LogP contribution is -2.12. The summed E-state index contributed by atoms with van der Waals surface area (Å²) in [7, 11) is 1.63. The Kier molecular flexibility index (Phi) is 4.45. The highest BCUT2D eigenvalue weighted by Crippen LogP contribution is 2.27. The number of methoxy groups -OCH3 is 1. The van der Waals surface area contributed by atoms with Gasteiger partial charge < -0.3 is 9.84 Å². The molecule has 4 heteroatoms. The second-order valence-corrected chi connectivity index (χ2v) is 6.82. The second kappa shape index (κ2) is 5.94. The Balaban J connectivity index is 2.11. The first kappa shape index (κ1) is 15.0. The maximum atomic E-state index is 10.3. The van der Waals surface area contributed by atoms with Gasteiger partial charge in [-0.05, 0) is 17.7 Å². The van der Waals surface area contributed by atoms with Gasteiger partial charge in [0.2, 0.25) is 0 Å². The smallest absolute Gasteiger partial charge is 0.119 e. The molecule has 1 atom stereocenters. The van der Waals surface area contributed by atoms with Gasteiger partial charge in [-0.1, -0.05) is 32.9 Å². The molecule has 0 fully saturated rings. The highest BCUT2D eigenvalue weighted by atomic mass is 32.1. The zero-order valence-electron chi connectivity index (χ0n) is 12.4. The van der Waals surface area contributed by atoms with Crippen LogP contribution in [-0.4, -0.2) is 17.2 Å². The first-order valence-electron chi connectivity index (χ1n) is 6.67. The summed E-state index contributed by atoms with van der Waals surface area (Å²) in [5.74, 6) is 0.760. The van der Waals surface area contributed by atoms with Crippen LogP contribution < -0.4 is 4.74 Å². The summed E-state index contributed by atoms with van der Waals surface area (Å²) in [5.41, 5.74) is 1.99. The number of thiazole rings is 1. The second-order valence-electron chi connectivity index (χ2n) is 5.87. The summed E-state index contributed by atoms with van der Waals surface area (Å²) in [4.78, 5) is 4.62. The number of benzene rings is 1. The average molecular weight is 291 g/mol. The van der Waals surface area contributed by atoms with Gasteiger partial charge in [-0.25, -0.2) is 4.98 Å². The molecule has 1 heterocycles. The first-order valence-corrected chi connectivity index (χ1v) is 7.55. The fourth-order valence-electron chi connectivity index (χ4n) is 1.88. The average Bonchev–Trinajstić information content (AvgIpc) is 2.87. The van der Waals surface area contributed by atoms with Crippen molar-refractivity contribution in [3.8, 4) is 5.75 Å². The van der Waals surface area contributed by atoms with E-state index in [1.807, 2.05) is 24.3 Å². The minimum atomic E-state index is -0.552. The topological polar surface area (TPSA) is 42.4 Å². The molecule has 108 valence electrons. The van der Waals surface area contributed by atoms with Crippen LogP contribution >= 0.6 is 11.3 Å². The highest BCUT2D eigenvalue weighted by Gasteiger charge is 2.19. The standard InChI is InChI=1S/C16H21NO2S/c1-16(2,3)14-10-20-15(17-14)9-13(18)11-6-5-7-12(8-11)19-4/h5-8,10,13,18H,9H2,1-4H3. The van der Waals surface area contributed by atoms with Crippen LogP contribution in [0.2, 0.25) is 0 Å². The normalized spacial score (nSPS) is 13.2. The molecule has 1 N–H and O–H groups in total. The molecule has 0 aliphatic carbocycles. The minimum absolute atomic E-state index is 0.0513. The summed E-state index contributed by atoms with van der Waals surface area (Å²) in [6, 6.07) is 7.53. The Morgan fingerprint density at radius 2 is 2.10 bits per heavy atom. The van der Waals surface area contributed by atoms with E-state index in [0.717, 1.165) is 22.0 Å². The summed E-state index contributed by atoms with van der Waals surface area (Å²) in [5, 5.41) is 13.4. The number of hydrogen-bond donors (Lipinski definition) is 1. The molecule has 0 radical (unpaired) electrons. The SMILES string of the molecule is COc1cccc(C(O)Cc2nc(C(C)(C)C)cs2)c1. The van der Waals surface area contributed by atoms with E-state index in [1.54, 1.807) is 18.4 Å². The van der Waals surface area contributed by atoms with Crippen LogP contribution in [-0.2, 0) is 11.8 Å². The molecule has 0 aliphatic rings. The Morgan fingerprint density at radius 1 is 1.35 bits per heavy atom. The maximum Gasteiger partial charge on any atom is 0.119 e. The molecule has 1 aromatic heterocycles. The van der Waals surface area contributed by atoms with Gasteiger partial charge in [0.25, 0.3) is 0 Å². The van der Waals surface area contributed by atoms with Crippen molar-refractivity contribution < 1.29 is 9.84 Å². The van der Waals surface area contributed by atoms with Crippen LogP contribution in [0.1, 0.15) is 43.1 Å². The summed E-state index contributed by atoms with van der Waals surface area (Å²) in [6.07, 6.45) is -0.0162. The van der Waals surface area contributed by atoms with E-state index in [9.17, 15) is 5.11 Å². The molecule has 2 rings (SSSR count). The molecular formula is C16H21NO2S. The predicted octanol–water partition coefficient (Wildman–Crippen LogP) is 3.73. The van der Waals surface area contributed by atoms with Crippen molar-refractivity contribution in [3.05, 3.63) is 45.9 Å². The van der Waals surface area contributed by atoms with E-state index in [-0.39, 0.29) is 5.41 Å². The van der Waals surface area contributed by atoms with Crippen LogP contribution in [0.5, 0.6) is 5.75 Å². The van der Waals surface area contributed by atoms with Crippen LogP contribution in [0.15, 0.2) is 29.6 Å². The van der Waals surface area contributed by atoms with E-state index in [4.69, 9.17) is 4.74 Å². The molecular weight excluding hydrogens is 270 g/mol. The van der Waals surface area contributed by atoms with Crippen molar-refractivity contribution >= 4 is 11.3 Å². The number of aliphatic hydroxyl groups is 1. The van der Waals surface area contributed by atoms with Crippen molar-refractivity contribution in [2.75, 3.05) is 7.11 Å². The number of rotatable bonds is 4. The zero-order valence-corrected chi connectivity index (χ0v) is 13.2. The van der Waals surface area contributed by atoms with Crippen molar-refractivity contribution in [2.24, 2.45) is 0 Å². The van der Waals surface area contributed by atoms with Crippen molar-refractivity contribution in [1.29, 1.82) is 0 Å². The molecule has 1 aromatic carbocycles. The molecule has 20 heavy (non-hydrogen) atoms. The van der Waals surface area contributed by atoms with E-state index >= 15 is 0 Å². The van der Waals surface area contributed by atoms with Gasteiger partial charge in [-0.15, -0.1) is 11.3 Å². The lowest BCUT2D eigenvalue weighted by Gasteiger charge is -2.14. The van der Waals surface area contributed by atoms with E-state index in [1.165, 1.54) is 0 Å². The Hall–Kier alpha value is -1.39. The van der Waals surface area contributed by atoms with Gasteiger partial charge in [0, 0.05) is 17.2 Å². The van der Waals surface area contributed by atoms with Gasteiger partial charge in [0.1, 0.15) is 5.75 Å². The third-order valence-electron chi connectivity index (χ3n) is 3.17. The lowest BCUT2D eigenvalue weighted by molar-refractivity contribution is 0.178. The van der Waals surface area contributed by atoms with Crippen molar-refractivity contribution in [3.63, 3.8) is 0 Å². The largest absolute Gasteiger partial charge is 0.497 e. The molecule has 0 saturated heterocycles. The van der Waals surface area contributed by atoms with Gasteiger partial charge in [0.05, 0.1) is 23.9 Å². The fourth-order valence-corrected chi connectivity index (χ4v) is 2.94. The third kappa shape index (κ3) is 3.58. The number of aromatic nitrogens is 1. The van der Waals surface area contributed by atoms with E-state index < -0.39 is 6.10 Å². The summed E-state index contributed by atoms with van der Waals surface area (Å²) >= 11 is 1.61. The molecule has 1 unspecified atom stereocenters. The molecule has 0 spiro atoms. The zero-order chi connectivity index (χ0) is 14.8. The number of aliphatic hydroxyl groups excluding tert-OH is 1. The fraction of sp³-hybridized carbons (Fsp3) is 0.438. The van der Waals surface area contributed by atoms with Crippen LogP contribution in [0.25, 0.3) is 0 Å². The summed E-state index contributed by atoms with van der Waals surface area (Å²) in [6.45, 7) is 6.43. The third-order valence-corrected chi connectivity index (χ3v) is 4.04. The van der Waals surface area contributed by atoms with Gasteiger partial charge >= 0.3 is 0 Å². The number of nitrogens with zero attached hydrogens (tertiary/aromatic N) is 1. The number of hydrogen-bond acceptors (Lipinski definition) is 4. The molecule has 2 aromatic rings. The van der Waals surface area contributed by atoms with Crippen LogP contribution in [0, 0.1) is 0 Å². The van der Waals surface area contributed by atoms with Gasteiger partial charge in [-0.3, -0.25) is 0 Å². The Labute approximate surface area is 124 Å². The highest BCUT2D eigenvalue weighted by molar-refractivity contribution is 7.09. The van der Waals surface area contributed by atoms with Crippen molar-refractivity contribution in [2.45, 2.75) is 38.7 Å². The summed E-state index contributed by atoms with van der Waals surface area (Å²) < 4.78 is 5.18. The molecule has 0 aliphatic heterocycles. The lowest BCUT2D eigenvalue weighted by atomic mass is 9.93. The first-order chi connectivity index (χ1) is 9.40. The number of ether oxygens (including phenoxy) is 1. The molecule has 0 amide bonds. The van der Waals surface area contributed by atoms with Crippen molar-refractivity contribution in [1.82, 2.24) is 4.98 Å². The van der Waals surface area contributed by atoms with E-state index in [2.05, 4.69) is 31.1 Å². The molecule has 3 nitrogen and oxygen atoms in total. The molecule has 0 bridgehead atoms. The molecule has 0 saturated carbocycles. The van der Waals surface area contributed by atoms with Crippen LogP contribution in [0.3, 0.4) is 0 Å². The van der Waals surface area contributed by atoms with Gasteiger partial charge in [-0.2, -0.15) is 0 Å². The predicted molar refractivity (Wildman–Crippen MR) is 82.5 cm³/mol. The van der Waals surface area contributed by atoms with Crippen LogP contribution in [0.4, 0.5) is 0 Å². The Morgan fingerprint density at radius 3 is 2.70 bits per heavy atom. The van der Waals surface area contributed by atoms with E-state index in [0.29, 0.717) is 6.42 Å².